The molecule has 1 N–H and O–H groups in total. The fourth-order valence-electron chi connectivity index (χ4n) is 2.01. The van der Waals surface area contributed by atoms with Gasteiger partial charge in [0.05, 0.1) is 13.3 Å². The Bertz CT molecular complexity index is 838. The number of amides is 1. The molecule has 2 rings (SSSR count). The van der Waals surface area contributed by atoms with Gasteiger partial charge in [-0.15, -0.1) is 0 Å². The molecule has 0 unspecified atom stereocenters. The lowest BCUT2D eigenvalue weighted by molar-refractivity contribution is -0.140. The predicted octanol–water partition coefficient (Wildman–Crippen LogP) is 4.12. The Labute approximate surface area is 171 Å². The van der Waals surface area contributed by atoms with E-state index in [0.29, 0.717) is 20.6 Å². The van der Waals surface area contributed by atoms with Gasteiger partial charge < -0.3 is 14.9 Å². The number of hydrogen-bond donors (Lipinski definition) is 1. The predicted molar refractivity (Wildman–Crippen MR) is 104 cm³/mol. The quantitative estimate of drug-likeness (QED) is 0.408. The van der Waals surface area contributed by atoms with E-state index in [1.165, 1.54) is 13.2 Å². The SMILES string of the molecule is COC(=O)[C@@H](/C=N\OCc1c(Cl)cccc1Cl)NC(=O)c1cccc(Cl)c1. The van der Waals surface area contributed by atoms with E-state index in [0.717, 1.165) is 6.21 Å². The highest BCUT2D eigenvalue weighted by Gasteiger charge is 2.20. The number of methoxy groups -OCH3 is 1. The van der Waals surface area contributed by atoms with Crippen LogP contribution in [0.5, 0.6) is 0 Å². The molecule has 0 radical (unpaired) electrons. The third kappa shape index (κ3) is 6.13. The molecule has 0 saturated carbocycles. The number of esters is 1. The highest BCUT2D eigenvalue weighted by Crippen LogP contribution is 2.24. The van der Waals surface area contributed by atoms with Crippen molar-refractivity contribution in [2.75, 3.05) is 7.11 Å². The van der Waals surface area contributed by atoms with Crippen molar-refractivity contribution in [3.63, 3.8) is 0 Å². The zero-order chi connectivity index (χ0) is 19.8. The Morgan fingerprint density at radius 2 is 1.81 bits per heavy atom. The lowest BCUT2D eigenvalue weighted by Crippen LogP contribution is -2.42. The molecule has 0 fully saturated rings. The molecule has 142 valence electrons. The van der Waals surface area contributed by atoms with Gasteiger partial charge in [0, 0.05) is 26.2 Å². The number of halogens is 3. The second-order valence-corrected chi connectivity index (χ2v) is 6.46. The monoisotopic (exact) mass is 428 g/mol. The van der Waals surface area contributed by atoms with E-state index in [2.05, 4.69) is 15.2 Å². The maximum absolute atomic E-state index is 12.3. The molecule has 0 heterocycles. The average Bonchev–Trinajstić information content (AvgIpc) is 2.65. The Morgan fingerprint density at radius 1 is 1.15 bits per heavy atom. The van der Waals surface area contributed by atoms with Crippen LogP contribution in [0.2, 0.25) is 15.1 Å². The van der Waals surface area contributed by atoms with Crippen LogP contribution in [0.4, 0.5) is 0 Å². The smallest absolute Gasteiger partial charge is 0.334 e. The van der Waals surface area contributed by atoms with Crippen molar-refractivity contribution in [2.45, 2.75) is 12.6 Å². The Kier molecular flexibility index (Phi) is 7.91. The van der Waals surface area contributed by atoms with E-state index in [4.69, 9.17) is 39.6 Å². The molecule has 0 aliphatic rings. The summed E-state index contributed by atoms with van der Waals surface area (Å²) in [6.07, 6.45) is 1.11. The highest BCUT2D eigenvalue weighted by atomic mass is 35.5. The van der Waals surface area contributed by atoms with E-state index in [1.54, 1.807) is 36.4 Å². The van der Waals surface area contributed by atoms with Crippen molar-refractivity contribution >= 4 is 52.9 Å². The van der Waals surface area contributed by atoms with Crippen molar-refractivity contribution in [2.24, 2.45) is 5.16 Å². The van der Waals surface area contributed by atoms with Gasteiger partial charge in [0.15, 0.2) is 6.04 Å². The Hall–Kier alpha value is -2.28. The minimum absolute atomic E-state index is 0.00879. The first-order valence-corrected chi connectivity index (χ1v) is 8.78. The fraction of sp³-hybridized carbons (Fsp3) is 0.167. The number of hydrogen-bond acceptors (Lipinski definition) is 5. The van der Waals surface area contributed by atoms with Gasteiger partial charge >= 0.3 is 5.97 Å². The third-order valence-electron chi connectivity index (χ3n) is 3.38. The summed E-state index contributed by atoms with van der Waals surface area (Å²) in [6.45, 7) is -0.00879. The van der Waals surface area contributed by atoms with Crippen LogP contribution in [0.3, 0.4) is 0 Å². The lowest BCUT2D eigenvalue weighted by atomic mass is 10.2. The summed E-state index contributed by atoms with van der Waals surface area (Å²) in [6, 6.07) is 10.2. The van der Waals surface area contributed by atoms with Gasteiger partial charge in [0.1, 0.15) is 6.61 Å². The van der Waals surface area contributed by atoms with E-state index in [1.807, 2.05) is 0 Å². The summed E-state index contributed by atoms with van der Waals surface area (Å²) >= 11 is 17.9. The zero-order valence-corrected chi connectivity index (χ0v) is 16.4. The molecule has 2 aromatic rings. The van der Waals surface area contributed by atoms with Gasteiger partial charge in [-0.3, -0.25) is 4.79 Å². The van der Waals surface area contributed by atoms with Crippen LogP contribution >= 0.6 is 34.8 Å². The Balaban J connectivity index is 2.02. The van der Waals surface area contributed by atoms with E-state index >= 15 is 0 Å². The molecule has 9 heteroatoms. The third-order valence-corrected chi connectivity index (χ3v) is 4.33. The van der Waals surface area contributed by atoms with Crippen molar-refractivity contribution in [3.05, 3.63) is 68.7 Å². The summed E-state index contributed by atoms with van der Waals surface area (Å²) in [7, 11) is 1.19. The summed E-state index contributed by atoms with van der Waals surface area (Å²) in [4.78, 5) is 29.3. The van der Waals surface area contributed by atoms with Crippen molar-refractivity contribution in [1.82, 2.24) is 5.32 Å². The molecule has 0 spiro atoms. The molecule has 0 aromatic heterocycles. The second-order valence-electron chi connectivity index (χ2n) is 5.21. The largest absolute Gasteiger partial charge is 0.467 e. The molecular formula is C18H15Cl3N2O4. The summed E-state index contributed by atoms with van der Waals surface area (Å²) in [5.41, 5.74) is 0.837. The standard InChI is InChI=1S/C18H15Cl3N2O4/c1-26-18(25)16(23-17(24)11-4-2-5-12(19)8-11)9-22-27-10-13-14(20)6-3-7-15(13)21/h2-9,16H,10H2,1H3,(H,23,24)/b22-9-/t16-/m1/s1. The maximum atomic E-state index is 12.3. The number of carbonyl (C=O) groups excluding carboxylic acids is 2. The van der Waals surface area contributed by atoms with Crippen LogP contribution in [0.1, 0.15) is 15.9 Å². The van der Waals surface area contributed by atoms with Crippen molar-refractivity contribution in [1.29, 1.82) is 0 Å². The number of oxime groups is 1. The second kappa shape index (κ2) is 10.2. The molecular weight excluding hydrogens is 415 g/mol. The maximum Gasteiger partial charge on any atom is 0.334 e. The molecule has 27 heavy (non-hydrogen) atoms. The van der Waals surface area contributed by atoms with Gasteiger partial charge in [-0.1, -0.05) is 52.1 Å². The molecule has 0 aliphatic heterocycles. The number of ether oxygens (including phenoxy) is 1. The normalized spacial score (nSPS) is 11.9. The van der Waals surface area contributed by atoms with Crippen LogP contribution in [-0.4, -0.2) is 31.2 Å². The molecule has 0 aliphatic carbocycles. The molecule has 6 nitrogen and oxygen atoms in total. The summed E-state index contributed by atoms with van der Waals surface area (Å²) in [5.74, 6) is -1.23. The summed E-state index contributed by atoms with van der Waals surface area (Å²) in [5, 5.41) is 7.43. The van der Waals surface area contributed by atoms with Gasteiger partial charge in [-0.25, -0.2) is 4.79 Å². The Morgan fingerprint density at radius 3 is 2.44 bits per heavy atom. The van der Waals surface area contributed by atoms with Gasteiger partial charge in [-0.05, 0) is 30.3 Å². The fourth-order valence-corrected chi connectivity index (χ4v) is 2.71. The first-order valence-electron chi connectivity index (χ1n) is 7.65. The van der Waals surface area contributed by atoms with Crippen molar-refractivity contribution in [3.8, 4) is 0 Å². The average molecular weight is 430 g/mol. The molecule has 2 aromatic carbocycles. The number of benzene rings is 2. The van der Waals surface area contributed by atoms with Crippen molar-refractivity contribution < 1.29 is 19.2 Å². The van der Waals surface area contributed by atoms with Crippen LogP contribution in [0.25, 0.3) is 0 Å². The first-order chi connectivity index (χ1) is 12.9. The minimum Gasteiger partial charge on any atom is -0.467 e. The first kappa shape index (κ1) is 21.0. The van der Waals surface area contributed by atoms with E-state index in [9.17, 15) is 9.59 Å². The van der Waals surface area contributed by atoms with Gasteiger partial charge in [0.25, 0.3) is 5.91 Å². The topological polar surface area (TPSA) is 77.0 Å². The zero-order valence-electron chi connectivity index (χ0n) is 14.1. The van der Waals surface area contributed by atoms with Crippen LogP contribution in [0.15, 0.2) is 47.6 Å². The molecule has 1 atom stereocenters. The van der Waals surface area contributed by atoms with Gasteiger partial charge in [0.2, 0.25) is 0 Å². The van der Waals surface area contributed by atoms with Gasteiger partial charge in [-0.2, -0.15) is 0 Å². The number of nitrogens with one attached hydrogen (secondary N) is 1. The van der Waals surface area contributed by atoms with Crippen LogP contribution in [-0.2, 0) is 21.0 Å². The number of rotatable bonds is 7. The number of nitrogens with zero attached hydrogens (tertiary/aromatic N) is 1. The highest BCUT2D eigenvalue weighted by molar-refractivity contribution is 6.36. The lowest BCUT2D eigenvalue weighted by Gasteiger charge is -2.12. The number of carbonyl (C=O) groups is 2. The molecule has 1 amide bonds. The van der Waals surface area contributed by atoms with Crippen LogP contribution < -0.4 is 5.32 Å². The molecule has 0 saturated heterocycles. The van der Waals surface area contributed by atoms with E-state index in [-0.39, 0.29) is 12.2 Å². The minimum atomic E-state index is -1.15. The van der Waals surface area contributed by atoms with Crippen LogP contribution in [0, 0.1) is 0 Å². The molecule has 0 bridgehead atoms. The summed E-state index contributed by atoms with van der Waals surface area (Å²) < 4.78 is 4.66. The van der Waals surface area contributed by atoms with E-state index < -0.39 is 17.9 Å².